The molecule has 0 aliphatic rings. The molecule has 0 fully saturated rings. The summed E-state index contributed by atoms with van der Waals surface area (Å²) in [5.41, 5.74) is 9.06. The fourth-order valence-electron chi connectivity index (χ4n) is 1.81. The van der Waals surface area contributed by atoms with Crippen molar-refractivity contribution in [2.75, 3.05) is 11.9 Å². The predicted octanol–water partition coefficient (Wildman–Crippen LogP) is 2.03. The molecule has 4 nitrogen and oxygen atoms in total. The summed E-state index contributed by atoms with van der Waals surface area (Å²) >= 11 is 0. The molecule has 2 N–H and O–H groups in total. The summed E-state index contributed by atoms with van der Waals surface area (Å²) in [5.74, 6) is 1.48. The highest BCUT2D eigenvalue weighted by Gasteiger charge is 2.19. The van der Waals surface area contributed by atoms with Gasteiger partial charge in [-0.15, -0.1) is 5.10 Å². The third kappa shape index (κ3) is 2.75. The molecule has 1 rings (SSSR count). The van der Waals surface area contributed by atoms with Crippen LogP contribution in [-0.4, -0.2) is 23.3 Å². The standard InChI is InChI=1S/C13H24N4/c1-8(2)11(5)17(6)13-12(7-14)9(3)10(4)15-16-13/h8,11H,7,14H2,1-6H3. The quantitative estimate of drug-likeness (QED) is 0.869. The van der Waals surface area contributed by atoms with Gasteiger partial charge in [-0.2, -0.15) is 5.10 Å². The Morgan fingerprint density at radius 3 is 2.24 bits per heavy atom. The van der Waals surface area contributed by atoms with E-state index in [4.69, 9.17) is 5.73 Å². The lowest BCUT2D eigenvalue weighted by Crippen LogP contribution is -2.35. The van der Waals surface area contributed by atoms with Crippen LogP contribution in [0.15, 0.2) is 0 Å². The number of nitrogens with zero attached hydrogens (tertiary/aromatic N) is 3. The minimum absolute atomic E-state index is 0.414. The van der Waals surface area contributed by atoms with E-state index < -0.39 is 0 Å². The first kappa shape index (κ1) is 13.9. The number of aryl methyl sites for hydroxylation is 1. The zero-order valence-electron chi connectivity index (χ0n) is 11.8. The fraction of sp³-hybridized carbons (Fsp3) is 0.692. The number of anilines is 1. The molecule has 0 aliphatic heterocycles. The maximum atomic E-state index is 5.84. The van der Waals surface area contributed by atoms with Crippen molar-refractivity contribution in [2.45, 2.75) is 47.2 Å². The predicted molar refractivity (Wildman–Crippen MR) is 72.1 cm³/mol. The van der Waals surface area contributed by atoms with Crippen LogP contribution in [0.4, 0.5) is 5.82 Å². The molecule has 0 spiro atoms. The van der Waals surface area contributed by atoms with E-state index in [9.17, 15) is 0 Å². The smallest absolute Gasteiger partial charge is 0.156 e. The molecule has 1 heterocycles. The minimum Gasteiger partial charge on any atom is -0.355 e. The van der Waals surface area contributed by atoms with E-state index in [0.29, 0.717) is 18.5 Å². The Kier molecular flexibility index (Phi) is 4.46. The summed E-state index contributed by atoms with van der Waals surface area (Å²) in [4.78, 5) is 2.17. The highest BCUT2D eigenvalue weighted by Crippen LogP contribution is 2.24. The van der Waals surface area contributed by atoms with E-state index in [2.05, 4.69) is 49.8 Å². The number of hydrogen-bond donors (Lipinski definition) is 1. The topological polar surface area (TPSA) is 55.0 Å². The molecule has 96 valence electrons. The molecule has 1 aromatic heterocycles. The fourth-order valence-corrected chi connectivity index (χ4v) is 1.81. The van der Waals surface area contributed by atoms with Crippen LogP contribution in [0, 0.1) is 19.8 Å². The molecular weight excluding hydrogens is 212 g/mol. The second kappa shape index (κ2) is 5.45. The monoisotopic (exact) mass is 236 g/mol. The zero-order valence-corrected chi connectivity index (χ0v) is 11.8. The highest BCUT2D eigenvalue weighted by molar-refractivity contribution is 5.50. The molecular formula is C13H24N4. The summed E-state index contributed by atoms with van der Waals surface area (Å²) in [7, 11) is 2.06. The Balaban J connectivity index is 3.18. The summed E-state index contributed by atoms with van der Waals surface area (Å²) in [6, 6.07) is 0.414. The first-order valence-electron chi connectivity index (χ1n) is 6.15. The van der Waals surface area contributed by atoms with E-state index in [1.807, 2.05) is 6.92 Å². The number of hydrogen-bond acceptors (Lipinski definition) is 4. The van der Waals surface area contributed by atoms with Crippen LogP contribution in [0.3, 0.4) is 0 Å². The molecule has 4 heteroatoms. The van der Waals surface area contributed by atoms with Crippen molar-refractivity contribution in [3.63, 3.8) is 0 Å². The molecule has 1 unspecified atom stereocenters. The third-order valence-corrected chi connectivity index (χ3v) is 3.67. The molecule has 0 saturated carbocycles. The van der Waals surface area contributed by atoms with E-state index in [0.717, 1.165) is 22.6 Å². The number of aromatic nitrogens is 2. The van der Waals surface area contributed by atoms with Gasteiger partial charge >= 0.3 is 0 Å². The largest absolute Gasteiger partial charge is 0.355 e. The minimum atomic E-state index is 0.414. The first-order chi connectivity index (χ1) is 7.90. The van der Waals surface area contributed by atoms with Gasteiger partial charge in [-0.3, -0.25) is 0 Å². The van der Waals surface area contributed by atoms with Gasteiger partial charge in [-0.1, -0.05) is 13.8 Å². The summed E-state index contributed by atoms with van der Waals surface area (Å²) in [6.07, 6.45) is 0. The van der Waals surface area contributed by atoms with Gasteiger partial charge < -0.3 is 10.6 Å². The van der Waals surface area contributed by atoms with Gasteiger partial charge in [0.05, 0.1) is 5.69 Å². The molecule has 0 radical (unpaired) electrons. The van der Waals surface area contributed by atoms with Crippen LogP contribution in [0.2, 0.25) is 0 Å². The average molecular weight is 236 g/mol. The van der Waals surface area contributed by atoms with Crippen molar-refractivity contribution in [3.8, 4) is 0 Å². The Labute approximate surface area is 104 Å². The molecule has 1 atom stereocenters. The van der Waals surface area contributed by atoms with E-state index >= 15 is 0 Å². The molecule has 0 saturated heterocycles. The van der Waals surface area contributed by atoms with Crippen LogP contribution in [0.5, 0.6) is 0 Å². The van der Waals surface area contributed by atoms with Gasteiger partial charge in [-0.05, 0) is 32.3 Å². The van der Waals surface area contributed by atoms with Gasteiger partial charge in [0.2, 0.25) is 0 Å². The van der Waals surface area contributed by atoms with Gasteiger partial charge in [0.15, 0.2) is 5.82 Å². The molecule has 1 aromatic rings. The van der Waals surface area contributed by atoms with Crippen LogP contribution >= 0.6 is 0 Å². The van der Waals surface area contributed by atoms with Crippen LogP contribution in [0.1, 0.15) is 37.6 Å². The van der Waals surface area contributed by atoms with Crippen molar-refractivity contribution in [1.29, 1.82) is 0 Å². The van der Waals surface area contributed by atoms with Crippen molar-refractivity contribution >= 4 is 5.82 Å². The summed E-state index contributed by atoms with van der Waals surface area (Å²) in [5, 5.41) is 8.51. The molecule has 0 aromatic carbocycles. The molecule has 0 aliphatic carbocycles. The Hall–Kier alpha value is -1.16. The molecule has 0 amide bonds. The van der Waals surface area contributed by atoms with E-state index in [1.54, 1.807) is 0 Å². The maximum absolute atomic E-state index is 5.84. The second-order valence-corrected chi connectivity index (χ2v) is 5.01. The van der Waals surface area contributed by atoms with Crippen molar-refractivity contribution in [2.24, 2.45) is 11.7 Å². The number of rotatable bonds is 4. The number of nitrogens with two attached hydrogens (primary N) is 1. The Bertz CT molecular complexity index is 387. The lowest BCUT2D eigenvalue weighted by atomic mass is 10.0. The zero-order chi connectivity index (χ0) is 13.2. The highest BCUT2D eigenvalue weighted by atomic mass is 15.3. The van der Waals surface area contributed by atoms with Crippen LogP contribution in [-0.2, 0) is 6.54 Å². The summed E-state index contributed by atoms with van der Waals surface area (Å²) < 4.78 is 0. The lowest BCUT2D eigenvalue weighted by molar-refractivity contribution is 0.500. The maximum Gasteiger partial charge on any atom is 0.156 e. The van der Waals surface area contributed by atoms with Gasteiger partial charge in [-0.25, -0.2) is 0 Å². The van der Waals surface area contributed by atoms with Crippen LogP contribution in [0.25, 0.3) is 0 Å². The SMILES string of the molecule is Cc1nnc(N(C)C(C)C(C)C)c(CN)c1C. The van der Waals surface area contributed by atoms with Gasteiger partial charge in [0, 0.05) is 25.2 Å². The van der Waals surface area contributed by atoms with Crippen LogP contribution < -0.4 is 10.6 Å². The Morgan fingerprint density at radius 2 is 1.76 bits per heavy atom. The summed E-state index contributed by atoms with van der Waals surface area (Å²) in [6.45, 7) is 11.1. The van der Waals surface area contributed by atoms with Gasteiger partial charge in [0.25, 0.3) is 0 Å². The van der Waals surface area contributed by atoms with E-state index in [-0.39, 0.29) is 0 Å². The normalized spacial score (nSPS) is 12.9. The lowest BCUT2D eigenvalue weighted by Gasteiger charge is -2.30. The van der Waals surface area contributed by atoms with Crippen molar-refractivity contribution in [3.05, 3.63) is 16.8 Å². The Morgan fingerprint density at radius 1 is 1.18 bits per heavy atom. The first-order valence-corrected chi connectivity index (χ1v) is 6.15. The van der Waals surface area contributed by atoms with Crippen molar-refractivity contribution in [1.82, 2.24) is 10.2 Å². The average Bonchev–Trinajstić information content (AvgIpc) is 2.30. The molecule has 0 bridgehead atoms. The second-order valence-electron chi connectivity index (χ2n) is 5.01. The third-order valence-electron chi connectivity index (χ3n) is 3.67. The van der Waals surface area contributed by atoms with Gasteiger partial charge in [0.1, 0.15) is 0 Å². The van der Waals surface area contributed by atoms with E-state index in [1.165, 1.54) is 0 Å². The molecule has 17 heavy (non-hydrogen) atoms. The van der Waals surface area contributed by atoms with Crippen molar-refractivity contribution < 1.29 is 0 Å².